The molecule has 0 unspecified atom stereocenters. The summed E-state index contributed by atoms with van der Waals surface area (Å²) in [7, 11) is 0. The fourth-order valence-electron chi connectivity index (χ4n) is 2.30. The van der Waals surface area contributed by atoms with Crippen LogP contribution in [0.25, 0.3) is 10.9 Å². The molecule has 2 heterocycles. The fourth-order valence-corrected chi connectivity index (χ4v) is 2.30. The van der Waals surface area contributed by atoms with Crippen molar-refractivity contribution in [2.75, 3.05) is 0 Å². The average molecular weight is 297 g/mol. The number of aliphatic hydroxyl groups is 1. The number of aromatic nitrogens is 1. The van der Waals surface area contributed by atoms with Gasteiger partial charge in [0.15, 0.2) is 0 Å². The van der Waals surface area contributed by atoms with E-state index in [2.05, 4.69) is 4.98 Å². The topological polar surface area (TPSA) is 72.6 Å². The molecule has 0 aliphatic carbocycles. The second-order valence-electron chi connectivity index (χ2n) is 4.96. The van der Waals surface area contributed by atoms with Gasteiger partial charge < -0.3 is 14.3 Å². The number of fused-ring (bicyclic) bond motifs is 1. The van der Waals surface area contributed by atoms with E-state index < -0.39 is 0 Å². The van der Waals surface area contributed by atoms with Crippen LogP contribution in [-0.4, -0.2) is 10.1 Å². The van der Waals surface area contributed by atoms with Gasteiger partial charge in [-0.15, -0.1) is 0 Å². The van der Waals surface area contributed by atoms with E-state index >= 15 is 0 Å². The van der Waals surface area contributed by atoms with Crippen LogP contribution in [0.15, 0.2) is 51.9 Å². The normalized spacial score (nSPS) is 10.8. The van der Waals surface area contributed by atoms with E-state index in [0.29, 0.717) is 0 Å². The van der Waals surface area contributed by atoms with Crippen LogP contribution in [0, 0.1) is 6.92 Å². The maximum absolute atomic E-state index is 11.8. The van der Waals surface area contributed by atoms with Crippen molar-refractivity contribution in [2.24, 2.45) is 0 Å². The molecule has 0 radical (unpaired) electrons. The van der Waals surface area contributed by atoms with E-state index in [1.54, 1.807) is 0 Å². The summed E-state index contributed by atoms with van der Waals surface area (Å²) < 4.78 is 10.7. The van der Waals surface area contributed by atoms with Crippen molar-refractivity contribution in [3.8, 4) is 5.75 Å². The number of pyridine rings is 1. The lowest BCUT2D eigenvalue weighted by molar-refractivity contribution is 0.236. The molecule has 2 aromatic heterocycles. The van der Waals surface area contributed by atoms with Crippen LogP contribution >= 0.6 is 0 Å². The number of aliphatic hydroxyl groups excluding tert-OH is 1. The largest absolute Gasteiger partial charge is 0.482 e. The van der Waals surface area contributed by atoms with Crippen molar-refractivity contribution >= 4 is 10.9 Å². The van der Waals surface area contributed by atoms with Gasteiger partial charge in [0, 0.05) is 22.7 Å². The minimum Gasteiger partial charge on any atom is -0.482 e. The highest BCUT2D eigenvalue weighted by molar-refractivity contribution is 5.82. The molecule has 0 aliphatic rings. The van der Waals surface area contributed by atoms with Gasteiger partial charge in [-0.25, -0.2) is 0 Å². The van der Waals surface area contributed by atoms with Gasteiger partial charge in [-0.05, 0) is 19.1 Å². The Bertz CT molecular complexity index is 870. The van der Waals surface area contributed by atoms with Crippen molar-refractivity contribution < 1.29 is 14.3 Å². The first kappa shape index (κ1) is 14.3. The summed E-state index contributed by atoms with van der Waals surface area (Å²) in [6.45, 7) is 1.84. The van der Waals surface area contributed by atoms with E-state index in [-0.39, 0.29) is 30.2 Å². The summed E-state index contributed by atoms with van der Waals surface area (Å²) in [5, 5.41) is 9.92. The first-order valence-electron chi connectivity index (χ1n) is 6.88. The molecule has 1 aromatic carbocycles. The van der Waals surface area contributed by atoms with Gasteiger partial charge in [-0.2, -0.15) is 0 Å². The van der Waals surface area contributed by atoms with E-state index in [4.69, 9.17) is 14.3 Å². The van der Waals surface area contributed by atoms with E-state index in [1.807, 2.05) is 37.3 Å². The van der Waals surface area contributed by atoms with Crippen LogP contribution in [0.3, 0.4) is 0 Å². The summed E-state index contributed by atoms with van der Waals surface area (Å²) in [6, 6.07) is 10.9. The van der Waals surface area contributed by atoms with Crippen molar-refractivity contribution in [2.45, 2.75) is 20.1 Å². The van der Waals surface area contributed by atoms with Crippen LogP contribution in [-0.2, 0) is 13.2 Å². The average Bonchev–Trinajstić information content (AvgIpc) is 2.53. The Balaban J connectivity index is 1.90. The lowest BCUT2D eigenvalue weighted by Crippen LogP contribution is -2.08. The Kier molecular flexibility index (Phi) is 3.89. The molecule has 0 bridgehead atoms. The Labute approximate surface area is 126 Å². The molecule has 0 aliphatic heterocycles. The second-order valence-corrected chi connectivity index (χ2v) is 4.96. The number of aryl methyl sites for hydroxylation is 1. The zero-order chi connectivity index (χ0) is 15.5. The van der Waals surface area contributed by atoms with Gasteiger partial charge in [0.1, 0.15) is 25.2 Å². The second kappa shape index (κ2) is 5.99. The van der Waals surface area contributed by atoms with Crippen molar-refractivity contribution in [1.82, 2.24) is 4.98 Å². The molecule has 3 rings (SSSR count). The Morgan fingerprint density at radius 3 is 2.86 bits per heavy atom. The molecule has 0 saturated carbocycles. The molecule has 3 aromatic rings. The molecule has 0 saturated heterocycles. The highest BCUT2D eigenvalue weighted by Gasteiger charge is 2.08. The summed E-state index contributed by atoms with van der Waals surface area (Å²) >= 11 is 0. The summed E-state index contributed by atoms with van der Waals surface area (Å²) in [6.07, 6.45) is 1.23. The molecule has 1 N–H and O–H groups in total. The third kappa shape index (κ3) is 2.84. The highest BCUT2D eigenvalue weighted by atomic mass is 16.5. The molecule has 0 spiro atoms. The zero-order valence-electron chi connectivity index (χ0n) is 12.1. The molecular weight excluding hydrogens is 282 g/mol. The van der Waals surface area contributed by atoms with E-state index in [0.717, 1.165) is 22.2 Å². The predicted octanol–water partition coefficient (Wildman–Crippen LogP) is 2.57. The fraction of sp³-hybridized carbons (Fsp3) is 0.176. The number of rotatable bonds is 4. The number of benzene rings is 1. The first-order valence-corrected chi connectivity index (χ1v) is 6.88. The Morgan fingerprint density at radius 1 is 1.27 bits per heavy atom. The monoisotopic (exact) mass is 297 g/mol. The predicted molar refractivity (Wildman–Crippen MR) is 81.7 cm³/mol. The van der Waals surface area contributed by atoms with Crippen molar-refractivity contribution in [3.05, 3.63) is 69.9 Å². The molecule has 112 valence electrons. The minimum atomic E-state index is -0.316. The molecule has 5 heteroatoms. The third-order valence-corrected chi connectivity index (χ3v) is 3.32. The van der Waals surface area contributed by atoms with Gasteiger partial charge in [0.25, 0.3) is 0 Å². The highest BCUT2D eigenvalue weighted by Crippen LogP contribution is 2.19. The Morgan fingerprint density at radius 2 is 2.09 bits per heavy atom. The van der Waals surface area contributed by atoms with Gasteiger partial charge >= 0.3 is 0 Å². The SMILES string of the molecule is Cc1cc(COc2coc(CO)cc2=O)c2ccccc2n1. The van der Waals surface area contributed by atoms with Gasteiger partial charge in [-0.1, -0.05) is 18.2 Å². The standard InChI is InChI=1S/C17H15NO4/c1-11-6-12(14-4-2-3-5-15(14)18-11)9-22-17-10-21-13(8-19)7-16(17)20/h2-7,10,19H,8-9H2,1H3. The number of ether oxygens (including phenoxy) is 1. The molecule has 0 fully saturated rings. The van der Waals surface area contributed by atoms with Gasteiger partial charge in [0.05, 0.1) is 5.52 Å². The maximum atomic E-state index is 11.8. The van der Waals surface area contributed by atoms with Crippen LogP contribution in [0.2, 0.25) is 0 Å². The maximum Gasteiger partial charge on any atom is 0.227 e. The summed E-state index contributed by atoms with van der Waals surface area (Å²) in [5.41, 5.74) is 2.42. The molecule has 22 heavy (non-hydrogen) atoms. The quantitative estimate of drug-likeness (QED) is 0.801. The number of hydrogen-bond acceptors (Lipinski definition) is 5. The van der Waals surface area contributed by atoms with E-state index in [1.165, 1.54) is 12.3 Å². The zero-order valence-corrected chi connectivity index (χ0v) is 12.1. The smallest absolute Gasteiger partial charge is 0.227 e. The van der Waals surface area contributed by atoms with Crippen LogP contribution in [0.4, 0.5) is 0 Å². The molecule has 0 amide bonds. The molecular formula is C17H15NO4. The van der Waals surface area contributed by atoms with Gasteiger partial charge in [-0.3, -0.25) is 9.78 Å². The lowest BCUT2D eigenvalue weighted by atomic mass is 10.1. The molecule has 5 nitrogen and oxygen atoms in total. The Hall–Kier alpha value is -2.66. The van der Waals surface area contributed by atoms with Crippen molar-refractivity contribution in [3.63, 3.8) is 0 Å². The molecule has 0 atom stereocenters. The minimum absolute atomic E-state index is 0.121. The number of hydrogen-bond donors (Lipinski definition) is 1. The van der Waals surface area contributed by atoms with Crippen LogP contribution in [0.1, 0.15) is 17.0 Å². The number of para-hydroxylation sites is 1. The van der Waals surface area contributed by atoms with E-state index in [9.17, 15) is 4.79 Å². The third-order valence-electron chi connectivity index (χ3n) is 3.32. The van der Waals surface area contributed by atoms with Crippen molar-refractivity contribution in [1.29, 1.82) is 0 Å². The number of nitrogens with zero attached hydrogens (tertiary/aromatic N) is 1. The van der Waals surface area contributed by atoms with Crippen LogP contribution < -0.4 is 10.2 Å². The summed E-state index contributed by atoms with van der Waals surface area (Å²) in [5.74, 6) is 0.332. The van der Waals surface area contributed by atoms with Gasteiger partial charge in [0.2, 0.25) is 11.2 Å². The summed E-state index contributed by atoms with van der Waals surface area (Å²) in [4.78, 5) is 16.3. The van der Waals surface area contributed by atoms with Crippen LogP contribution in [0.5, 0.6) is 5.75 Å². The first-order chi connectivity index (χ1) is 10.7. The lowest BCUT2D eigenvalue weighted by Gasteiger charge is -2.09.